The molecule has 6 nitrogen and oxygen atoms in total. The first kappa shape index (κ1) is 14.2. The predicted molar refractivity (Wildman–Crippen MR) is 65.6 cm³/mol. The van der Waals surface area contributed by atoms with Crippen molar-refractivity contribution in [2.75, 3.05) is 40.1 Å². The van der Waals surface area contributed by atoms with Crippen molar-refractivity contribution < 1.29 is 23.5 Å². The van der Waals surface area contributed by atoms with E-state index >= 15 is 0 Å². The maximum atomic E-state index is 12.4. The molecule has 3 rings (SSSR count). The molecule has 0 aromatic heterocycles. The number of ether oxygens (including phenoxy) is 1. The van der Waals surface area contributed by atoms with Gasteiger partial charge in [-0.05, 0) is 25.9 Å². The van der Waals surface area contributed by atoms with E-state index in [0.29, 0.717) is 0 Å². The Labute approximate surface area is 107 Å². The molecule has 0 spiro atoms. The number of hydrogen-bond donors (Lipinski definition) is 1. The minimum Gasteiger partial charge on any atom is -0.382 e. The first-order valence-corrected chi connectivity index (χ1v) is 8.15. The molecule has 104 valence electrons. The lowest BCUT2D eigenvalue weighted by Gasteiger charge is -2.52. The molecule has 2 atom stereocenters. The molecule has 3 saturated heterocycles. The van der Waals surface area contributed by atoms with E-state index in [1.54, 1.807) is 0 Å². The molecule has 0 aromatic rings. The summed E-state index contributed by atoms with van der Waals surface area (Å²) in [6, 6.07) is 0. The average Bonchev–Trinajstić information content (AvgIpc) is 2.32. The second kappa shape index (κ2) is 5.02. The summed E-state index contributed by atoms with van der Waals surface area (Å²) in [5.74, 6) is 0.138. The zero-order chi connectivity index (χ0) is 13.4. The van der Waals surface area contributed by atoms with Gasteiger partial charge in [0.15, 0.2) is 5.78 Å². The Morgan fingerprint density at radius 3 is 2.50 bits per heavy atom. The van der Waals surface area contributed by atoms with Crippen molar-refractivity contribution in [2.45, 2.75) is 18.4 Å². The molecule has 2 unspecified atom stereocenters. The van der Waals surface area contributed by atoms with Gasteiger partial charge in [0.2, 0.25) is 0 Å². The molecule has 3 fully saturated rings. The van der Waals surface area contributed by atoms with Crippen LogP contribution in [0, 0.1) is 5.92 Å². The van der Waals surface area contributed by atoms with E-state index in [2.05, 4.69) is 0 Å². The van der Waals surface area contributed by atoms with E-state index in [0.717, 1.165) is 32.6 Å². The van der Waals surface area contributed by atoms with Gasteiger partial charge in [-0.15, -0.1) is 0 Å². The molecule has 3 aliphatic rings. The van der Waals surface area contributed by atoms with E-state index in [-0.39, 0.29) is 24.9 Å². The van der Waals surface area contributed by atoms with Gasteiger partial charge in [0.1, 0.15) is 5.54 Å². The molecule has 0 saturated carbocycles. The molecule has 2 bridgehead atoms. The zero-order valence-electron chi connectivity index (χ0n) is 10.8. The van der Waals surface area contributed by atoms with E-state index in [9.17, 15) is 14.3 Å². The number of methoxy groups -OCH3 is 1. The highest BCUT2D eigenvalue weighted by Crippen LogP contribution is 2.42. The quantitative estimate of drug-likeness (QED) is 0.737. The lowest BCUT2D eigenvalue weighted by atomic mass is 9.74. The minimum absolute atomic E-state index is 0.0451. The van der Waals surface area contributed by atoms with Crippen molar-refractivity contribution in [3.05, 3.63) is 0 Å². The predicted octanol–water partition coefficient (Wildman–Crippen LogP) is 0.498. The van der Waals surface area contributed by atoms with Crippen molar-refractivity contribution in [2.24, 2.45) is 5.92 Å². The van der Waals surface area contributed by atoms with Gasteiger partial charge in [0.05, 0.1) is 13.2 Å². The summed E-state index contributed by atoms with van der Waals surface area (Å²) < 4.78 is 21.5. The Morgan fingerprint density at radius 2 is 2.06 bits per heavy atom. The van der Waals surface area contributed by atoms with Gasteiger partial charge in [0.25, 0.3) is 0 Å². The van der Waals surface area contributed by atoms with Gasteiger partial charge in [0, 0.05) is 19.7 Å². The van der Waals surface area contributed by atoms with Crippen molar-refractivity contribution in [3.63, 3.8) is 0 Å². The minimum atomic E-state index is -3.58. The summed E-state index contributed by atoms with van der Waals surface area (Å²) in [4.78, 5) is 23.7. The van der Waals surface area contributed by atoms with Crippen LogP contribution in [0.15, 0.2) is 0 Å². The van der Waals surface area contributed by atoms with Gasteiger partial charge < -0.3 is 14.2 Å². The molecule has 0 aliphatic carbocycles. The number of fused-ring (bicyclic) bond motifs is 3. The van der Waals surface area contributed by atoms with E-state index in [4.69, 9.17) is 9.26 Å². The maximum absolute atomic E-state index is 12.4. The monoisotopic (exact) mass is 277 g/mol. The Balaban J connectivity index is 2.20. The second-order valence-corrected chi connectivity index (χ2v) is 7.03. The highest BCUT2D eigenvalue weighted by molar-refractivity contribution is 7.51. The second-order valence-electron chi connectivity index (χ2n) is 5.17. The number of hydrogen-bond acceptors (Lipinski definition) is 5. The number of carbonyl (C=O) groups excluding carboxylic acids is 1. The summed E-state index contributed by atoms with van der Waals surface area (Å²) in [5, 5.41) is 0. The maximum Gasteiger partial charge on any atom is 0.325 e. The summed E-state index contributed by atoms with van der Waals surface area (Å²) in [6.07, 6.45) is 1.74. The van der Waals surface area contributed by atoms with Crippen molar-refractivity contribution in [1.29, 1.82) is 0 Å². The summed E-state index contributed by atoms with van der Waals surface area (Å²) >= 11 is 0. The molecular weight excluding hydrogens is 257 g/mol. The third kappa shape index (κ3) is 2.53. The van der Waals surface area contributed by atoms with Crippen molar-refractivity contribution in [1.82, 2.24) is 4.90 Å². The molecule has 7 heteroatoms. The third-order valence-corrected chi connectivity index (χ3v) is 4.46. The van der Waals surface area contributed by atoms with Gasteiger partial charge in [-0.1, -0.05) is 0 Å². The fourth-order valence-corrected chi connectivity index (χ4v) is 3.39. The molecule has 18 heavy (non-hydrogen) atoms. The summed E-state index contributed by atoms with van der Waals surface area (Å²) in [6.45, 7) is 2.92. The fourth-order valence-electron chi connectivity index (χ4n) is 2.94. The van der Waals surface area contributed by atoms with E-state index in [1.807, 2.05) is 4.90 Å². The lowest BCUT2D eigenvalue weighted by molar-refractivity contribution is -0.157. The number of nitrogens with zero attached hydrogens (tertiary/aromatic N) is 1. The zero-order valence-corrected chi connectivity index (χ0v) is 11.7. The van der Waals surface area contributed by atoms with Crippen LogP contribution < -0.4 is 0 Å². The van der Waals surface area contributed by atoms with Crippen LogP contribution in [-0.2, 0) is 18.6 Å². The smallest absolute Gasteiger partial charge is 0.325 e. The van der Waals surface area contributed by atoms with Crippen LogP contribution in [0.25, 0.3) is 0 Å². The summed E-state index contributed by atoms with van der Waals surface area (Å²) in [5.41, 5.74) is -0.871. The number of Topliss-reactive ketones (excluding diaryl/α,β-unsaturated/α-hetero) is 1. The molecule has 1 N–H and O–H groups in total. The first-order chi connectivity index (χ1) is 8.39. The standard InChI is InChI=1S/C11H20NO5P/c1-16-7-11(8-17-18(2,14)15)10(13)9-3-5-12(11)6-4-9/h9H,3-8H2,1-2H3,(H,14,15). The molecule has 0 aromatic carbocycles. The summed E-state index contributed by atoms with van der Waals surface area (Å²) in [7, 11) is -2.05. The highest BCUT2D eigenvalue weighted by atomic mass is 31.2. The van der Waals surface area contributed by atoms with Gasteiger partial charge in [-0.3, -0.25) is 14.3 Å². The van der Waals surface area contributed by atoms with Crippen molar-refractivity contribution >= 4 is 13.4 Å². The Morgan fingerprint density at radius 1 is 1.44 bits per heavy atom. The molecule has 0 amide bonds. The number of piperidine rings is 3. The Hall–Kier alpha value is -0.260. The lowest BCUT2D eigenvalue weighted by Crippen LogP contribution is -2.69. The van der Waals surface area contributed by atoms with E-state index < -0.39 is 13.1 Å². The normalized spacial score (nSPS) is 38.7. The van der Waals surface area contributed by atoms with Gasteiger partial charge in [-0.25, -0.2) is 0 Å². The van der Waals surface area contributed by atoms with Crippen LogP contribution in [0.3, 0.4) is 0 Å². The molecule has 3 aliphatic heterocycles. The van der Waals surface area contributed by atoms with Crippen LogP contribution in [0.4, 0.5) is 0 Å². The topological polar surface area (TPSA) is 76.1 Å². The van der Waals surface area contributed by atoms with Crippen LogP contribution in [0.1, 0.15) is 12.8 Å². The van der Waals surface area contributed by atoms with Crippen LogP contribution in [0.5, 0.6) is 0 Å². The van der Waals surface area contributed by atoms with Crippen LogP contribution in [-0.4, -0.2) is 61.2 Å². The molecule has 3 heterocycles. The van der Waals surface area contributed by atoms with Gasteiger partial charge in [-0.2, -0.15) is 0 Å². The molecule has 0 radical (unpaired) electrons. The largest absolute Gasteiger partial charge is 0.382 e. The SMILES string of the molecule is COCC1(COP(C)(=O)O)C(=O)C2CCN1CC2. The Kier molecular flexibility index (Phi) is 3.95. The number of carbonyl (C=O) groups is 1. The van der Waals surface area contributed by atoms with E-state index in [1.165, 1.54) is 7.11 Å². The number of rotatable bonds is 5. The third-order valence-electron chi connectivity index (χ3n) is 3.86. The number of ketones is 1. The fraction of sp³-hybridized carbons (Fsp3) is 0.909. The molecular formula is C11H20NO5P. The van der Waals surface area contributed by atoms with Crippen LogP contribution in [0.2, 0.25) is 0 Å². The Bertz CT molecular complexity index is 374. The van der Waals surface area contributed by atoms with Gasteiger partial charge >= 0.3 is 7.60 Å². The average molecular weight is 277 g/mol. The highest BCUT2D eigenvalue weighted by Gasteiger charge is 2.53. The van der Waals surface area contributed by atoms with Crippen molar-refractivity contribution in [3.8, 4) is 0 Å². The first-order valence-electron chi connectivity index (χ1n) is 6.12. The van der Waals surface area contributed by atoms with Crippen LogP contribution >= 0.6 is 7.60 Å².